The molecule has 5 heteroatoms. The summed E-state index contributed by atoms with van der Waals surface area (Å²) in [5.41, 5.74) is 7.04. The number of methoxy groups -OCH3 is 1. The molecule has 0 aromatic heterocycles. The minimum atomic E-state index is -0.303. The fourth-order valence-electron chi connectivity index (χ4n) is 1.79. The fourth-order valence-corrected chi connectivity index (χ4v) is 2.65. The van der Waals surface area contributed by atoms with Crippen LogP contribution in [0.3, 0.4) is 0 Å². The van der Waals surface area contributed by atoms with E-state index in [0.717, 1.165) is 9.79 Å². The molecule has 0 amide bonds. The largest absolute Gasteiger partial charge is 0.495 e. The van der Waals surface area contributed by atoms with Gasteiger partial charge in [0.15, 0.2) is 0 Å². The first-order valence-electron chi connectivity index (χ1n) is 6.52. The summed E-state index contributed by atoms with van der Waals surface area (Å²) in [5.74, 6) is 0.361. The van der Waals surface area contributed by atoms with Gasteiger partial charge in [0.2, 0.25) is 0 Å². The van der Waals surface area contributed by atoms with Gasteiger partial charge in [-0.15, -0.1) is 0 Å². The van der Waals surface area contributed by atoms with E-state index in [1.54, 1.807) is 37.9 Å². The number of esters is 1. The van der Waals surface area contributed by atoms with Crippen molar-refractivity contribution < 1.29 is 14.3 Å². The molecule has 2 aromatic carbocycles. The highest BCUT2D eigenvalue weighted by molar-refractivity contribution is 7.99. The lowest BCUT2D eigenvalue weighted by Gasteiger charge is -2.07. The Labute approximate surface area is 128 Å². The van der Waals surface area contributed by atoms with Gasteiger partial charge in [-0.2, -0.15) is 0 Å². The van der Waals surface area contributed by atoms with E-state index >= 15 is 0 Å². The maximum atomic E-state index is 11.6. The van der Waals surface area contributed by atoms with Gasteiger partial charge in [0.1, 0.15) is 5.75 Å². The highest BCUT2D eigenvalue weighted by Crippen LogP contribution is 2.32. The van der Waals surface area contributed by atoms with Crippen molar-refractivity contribution in [2.75, 3.05) is 19.5 Å². The van der Waals surface area contributed by atoms with Crippen LogP contribution in [0.1, 0.15) is 17.3 Å². The average Bonchev–Trinajstić information content (AvgIpc) is 2.48. The second-order valence-electron chi connectivity index (χ2n) is 4.25. The summed E-state index contributed by atoms with van der Waals surface area (Å²) in [4.78, 5) is 13.6. The maximum Gasteiger partial charge on any atom is 0.338 e. The van der Waals surface area contributed by atoms with Crippen molar-refractivity contribution >= 4 is 23.4 Å². The van der Waals surface area contributed by atoms with Crippen molar-refractivity contribution in [3.63, 3.8) is 0 Å². The van der Waals surface area contributed by atoms with E-state index in [1.165, 1.54) is 0 Å². The summed E-state index contributed by atoms with van der Waals surface area (Å²) in [6, 6.07) is 12.9. The van der Waals surface area contributed by atoms with Crippen LogP contribution in [-0.2, 0) is 4.74 Å². The number of carbonyl (C=O) groups excluding carboxylic acids is 1. The number of nitrogen functional groups attached to an aromatic ring is 1. The van der Waals surface area contributed by atoms with Crippen LogP contribution in [0.5, 0.6) is 5.75 Å². The molecule has 110 valence electrons. The van der Waals surface area contributed by atoms with Gasteiger partial charge in [-0.05, 0) is 49.4 Å². The van der Waals surface area contributed by atoms with Gasteiger partial charge in [0.25, 0.3) is 0 Å². The third kappa shape index (κ3) is 3.92. The topological polar surface area (TPSA) is 61.5 Å². The minimum Gasteiger partial charge on any atom is -0.495 e. The summed E-state index contributed by atoms with van der Waals surface area (Å²) in [6.07, 6.45) is 0. The van der Waals surface area contributed by atoms with Crippen molar-refractivity contribution in [1.29, 1.82) is 0 Å². The van der Waals surface area contributed by atoms with Gasteiger partial charge in [-0.1, -0.05) is 11.8 Å². The van der Waals surface area contributed by atoms with E-state index < -0.39 is 0 Å². The lowest BCUT2D eigenvalue weighted by molar-refractivity contribution is 0.0526. The second-order valence-corrected chi connectivity index (χ2v) is 5.40. The van der Waals surface area contributed by atoms with Crippen molar-refractivity contribution in [3.8, 4) is 5.75 Å². The smallest absolute Gasteiger partial charge is 0.338 e. The lowest BCUT2D eigenvalue weighted by atomic mass is 10.2. The Morgan fingerprint density at radius 1 is 1.14 bits per heavy atom. The van der Waals surface area contributed by atoms with Crippen LogP contribution in [0.15, 0.2) is 52.3 Å². The third-order valence-electron chi connectivity index (χ3n) is 2.80. The highest BCUT2D eigenvalue weighted by atomic mass is 32.2. The Kier molecular flexibility index (Phi) is 5.11. The zero-order valence-electron chi connectivity index (χ0n) is 12.0. The molecule has 0 saturated heterocycles. The van der Waals surface area contributed by atoms with E-state index in [2.05, 4.69) is 0 Å². The SMILES string of the molecule is CCOC(=O)c1ccc(Sc2ccc(OC)c(N)c2)cc1. The highest BCUT2D eigenvalue weighted by Gasteiger charge is 2.07. The molecule has 2 N–H and O–H groups in total. The number of ether oxygens (including phenoxy) is 2. The summed E-state index contributed by atoms with van der Waals surface area (Å²) >= 11 is 1.57. The predicted octanol–water partition coefficient (Wildman–Crippen LogP) is 3.61. The van der Waals surface area contributed by atoms with Gasteiger partial charge in [-0.3, -0.25) is 0 Å². The van der Waals surface area contributed by atoms with Crippen LogP contribution in [0.2, 0.25) is 0 Å². The minimum absolute atomic E-state index is 0.303. The Bertz CT molecular complexity index is 626. The Morgan fingerprint density at radius 3 is 2.38 bits per heavy atom. The summed E-state index contributed by atoms with van der Waals surface area (Å²) in [7, 11) is 1.59. The fraction of sp³-hybridized carbons (Fsp3) is 0.188. The number of carbonyl (C=O) groups is 1. The summed E-state index contributed by atoms with van der Waals surface area (Å²) < 4.78 is 10.1. The van der Waals surface area contributed by atoms with E-state index in [-0.39, 0.29) is 5.97 Å². The van der Waals surface area contributed by atoms with E-state index in [4.69, 9.17) is 15.2 Å². The van der Waals surface area contributed by atoms with Crippen molar-refractivity contribution in [1.82, 2.24) is 0 Å². The van der Waals surface area contributed by atoms with Crippen LogP contribution >= 0.6 is 11.8 Å². The quantitative estimate of drug-likeness (QED) is 0.675. The zero-order chi connectivity index (χ0) is 15.2. The molecular formula is C16H17NO3S. The van der Waals surface area contributed by atoms with Crippen LogP contribution in [0.25, 0.3) is 0 Å². The summed E-state index contributed by atoms with van der Waals surface area (Å²) in [6.45, 7) is 2.16. The Balaban J connectivity index is 2.10. The van der Waals surface area contributed by atoms with Crippen LogP contribution in [-0.4, -0.2) is 19.7 Å². The average molecular weight is 303 g/mol. The van der Waals surface area contributed by atoms with E-state index in [1.807, 2.05) is 30.3 Å². The number of rotatable bonds is 5. The Morgan fingerprint density at radius 2 is 1.81 bits per heavy atom. The van der Waals surface area contributed by atoms with Gasteiger partial charge in [0.05, 0.1) is 25.0 Å². The first-order chi connectivity index (χ1) is 10.1. The molecule has 21 heavy (non-hydrogen) atoms. The third-order valence-corrected chi connectivity index (χ3v) is 3.80. The molecule has 0 aliphatic rings. The molecule has 0 saturated carbocycles. The first-order valence-corrected chi connectivity index (χ1v) is 7.34. The molecule has 2 rings (SSSR count). The maximum absolute atomic E-state index is 11.6. The van der Waals surface area contributed by atoms with Crippen LogP contribution in [0.4, 0.5) is 5.69 Å². The number of hydrogen-bond acceptors (Lipinski definition) is 5. The summed E-state index contributed by atoms with van der Waals surface area (Å²) in [5, 5.41) is 0. The molecule has 0 spiro atoms. The van der Waals surface area contributed by atoms with Gasteiger partial charge < -0.3 is 15.2 Å². The normalized spacial score (nSPS) is 10.2. The van der Waals surface area contributed by atoms with Crippen LogP contribution < -0.4 is 10.5 Å². The second kappa shape index (κ2) is 7.04. The predicted molar refractivity (Wildman–Crippen MR) is 83.9 cm³/mol. The molecule has 2 aromatic rings. The van der Waals surface area contributed by atoms with E-state index in [9.17, 15) is 4.79 Å². The van der Waals surface area contributed by atoms with E-state index in [0.29, 0.717) is 23.6 Å². The number of hydrogen-bond donors (Lipinski definition) is 1. The molecule has 0 radical (unpaired) electrons. The molecule has 0 fully saturated rings. The zero-order valence-corrected chi connectivity index (χ0v) is 12.8. The van der Waals surface area contributed by atoms with Gasteiger partial charge in [0, 0.05) is 9.79 Å². The van der Waals surface area contributed by atoms with Gasteiger partial charge >= 0.3 is 5.97 Å². The molecule has 0 aliphatic heterocycles. The molecule has 0 unspecified atom stereocenters. The molecule has 0 heterocycles. The molecule has 0 atom stereocenters. The molecule has 0 bridgehead atoms. The number of anilines is 1. The number of benzene rings is 2. The molecular weight excluding hydrogens is 286 g/mol. The van der Waals surface area contributed by atoms with Crippen molar-refractivity contribution in [3.05, 3.63) is 48.0 Å². The van der Waals surface area contributed by atoms with Crippen molar-refractivity contribution in [2.24, 2.45) is 0 Å². The first kappa shape index (κ1) is 15.3. The standard InChI is InChI=1S/C16H17NO3S/c1-3-20-16(18)11-4-6-12(7-5-11)21-13-8-9-15(19-2)14(17)10-13/h4-10H,3,17H2,1-2H3. The lowest BCUT2D eigenvalue weighted by Crippen LogP contribution is -2.03. The number of nitrogens with two attached hydrogens (primary N) is 1. The van der Waals surface area contributed by atoms with Gasteiger partial charge in [-0.25, -0.2) is 4.79 Å². The Hall–Kier alpha value is -2.14. The van der Waals surface area contributed by atoms with Crippen LogP contribution in [0, 0.1) is 0 Å². The molecule has 0 aliphatic carbocycles. The monoisotopic (exact) mass is 303 g/mol. The van der Waals surface area contributed by atoms with Crippen molar-refractivity contribution in [2.45, 2.75) is 16.7 Å². The molecule has 4 nitrogen and oxygen atoms in total.